The Labute approximate surface area is 88.0 Å². The maximum absolute atomic E-state index is 11.5. The van der Waals surface area contributed by atoms with Gasteiger partial charge in [0, 0.05) is 6.54 Å². The summed E-state index contributed by atoms with van der Waals surface area (Å²) < 4.78 is 4.90. The molecular formula is C10H15NO4. The van der Waals surface area contributed by atoms with Crippen LogP contribution < -0.4 is 0 Å². The molecular weight excluding hydrogens is 198 g/mol. The molecule has 2 fully saturated rings. The van der Waals surface area contributed by atoms with Gasteiger partial charge < -0.3 is 9.84 Å². The summed E-state index contributed by atoms with van der Waals surface area (Å²) in [6.07, 6.45) is 3.10. The molecule has 1 saturated heterocycles. The van der Waals surface area contributed by atoms with Gasteiger partial charge in [0.25, 0.3) is 0 Å². The Kier molecular flexibility index (Phi) is 2.54. The zero-order chi connectivity index (χ0) is 10.9. The number of carboxylic acids is 1. The number of rotatable bonds is 2. The van der Waals surface area contributed by atoms with Crippen molar-refractivity contribution >= 4 is 12.1 Å². The van der Waals surface area contributed by atoms with Crippen molar-refractivity contribution in [3.05, 3.63) is 0 Å². The second kappa shape index (κ2) is 3.72. The lowest BCUT2D eigenvalue weighted by Crippen LogP contribution is -2.57. The van der Waals surface area contributed by atoms with Crippen LogP contribution in [-0.4, -0.2) is 40.8 Å². The highest BCUT2D eigenvalue weighted by Gasteiger charge is 2.49. The van der Waals surface area contributed by atoms with Crippen molar-refractivity contribution in [2.75, 3.05) is 13.2 Å². The van der Waals surface area contributed by atoms with Gasteiger partial charge in [0.15, 0.2) is 0 Å². The van der Waals surface area contributed by atoms with E-state index in [-0.39, 0.29) is 0 Å². The summed E-state index contributed by atoms with van der Waals surface area (Å²) in [5.74, 6) is -0.890. The molecule has 1 aliphatic carbocycles. The van der Waals surface area contributed by atoms with E-state index in [2.05, 4.69) is 0 Å². The first kappa shape index (κ1) is 10.3. The molecule has 0 radical (unpaired) electrons. The first-order valence-electron chi connectivity index (χ1n) is 5.35. The van der Waals surface area contributed by atoms with Crippen LogP contribution in [0.4, 0.5) is 4.79 Å². The van der Waals surface area contributed by atoms with Crippen LogP contribution in [0.2, 0.25) is 0 Å². The number of carbonyl (C=O) groups excluding carboxylic acids is 1. The molecule has 2 aliphatic rings. The van der Waals surface area contributed by atoms with Gasteiger partial charge in [-0.15, -0.1) is 0 Å². The summed E-state index contributed by atoms with van der Waals surface area (Å²) in [5, 5.41) is 9.28. The molecule has 0 aromatic carbocycles. The highest BCUT2D eigenvalue weighted by Crippen LogP contribution is 2.37. The van der Waals surface area contributed by atoms with E-state index in [1.807, 2.05) is 0 Å². The van der Waals surface area contributed by atoms with Crippen LogP contribution in [0.5, 0.6) is 0 Å². The SMILES string of the molecule is O=C1OCCCN1C1(C(=O)O)CCCC1. The number of nitrogens with zero attached hydrogens (tertiary/aromatic N) is 1. The highest BCUT2D eigenvalue weighted by atomic mass is 16.6. The molecule has 1 N–H and O–H groups in total. The third-order valence-corrected chi connectivity index (χ3v) is 3.32. The maximum Gasteiger partial charge on any atom is 0.410 e. The summed E-state index contributed by atoms with van der Waals surface area (Å²) >= 11 is 0. The predicted molar refractivity (Wildman–Crippen MR) is 51.5 cm³/mol. The third-order valence-electron chi connectivity index (χ3n) is 3.32. The molecule has 1 aliphatic heterocycles. The van der Waals surface area contributed by atoms with Crippen molar-refractivity contribution < 1.29 is 19.4 Å². The van der Waals surface area contributed by atoms with E-state index in [0.29, 0.717) is 26.0 Å². The first-order chi connectivity index (χ1) is 7.17. The van der Waals surface area contributed by atoms with Gasteiger partial charge in [-0.25, -0.2) is 9.59 Å². The van der Waals surface area contributed by atoms with Crippen molar-refractivity contribution in [1.29, 1.82) is 0 Å². The molecule has 0 bridgehead atoms. The van der Waals surface area contributed by atoms with Crippen molar-refractivity contribution in [2.45, 2.75) is 37.6 Å². The molecule has 1 saturated carbocycles. The predicted octanol–water partition coefficient (Wildman–Crippen LogP) is 1.23. The number of aliphatic carboxylic acids is 1. The molecule has 0 aromatic rings. The Balaban J connectivity index is 2.23. The molecule has 1 amide bonds. The van der Waals surface area contributed by atoms with Gasteiger partial charge in [-0.05, 0) is 19.3 Å². The molecule has 5 heteroatoms. The van der Waals surface area contributed by atoms with Gasteiger partial charge in [-0.3, -0.25) is 4.90 Å². The number of hydrogen-bond acceptors (Lipinski definition) is 3. The smallest absolute Gasteiger partial charge is 0.410 e. The summed E-state index contributed by atoms with van der Waals surface area (Å²) in [4.78, 5) is 24.3. The summed E-state index contributed by atoms with van der Waals surface area (Å²) in [5.41, 5.74) is -0.989. The van der Waals surface area contributed by atoms with E-state index in [4.69, 9.17) is 4.74 Å². The lowest BCUT2D eigenvalue weighted by Gasteiger charge is -2.39. The molecule has 15 heavy (non-hydrogen) atoms. The van der Waals surface area contributed by atoms with Crippen LogP contribution >= 0.6 is 0 Å². The quantitative estimate of drug-likeness (QED) is 0.749. The maximum atomic E-state index is 11.5. The number of amides is 1. The second-order valence-corrected chi connectivity index (χ2v) is 4.16. The minimum absolute atomic E-state index is 0.408. The molecule has 84 valence electrons. The Hall–Kier alpha value is -1.26. The minimum Gasteiger partial charge on any atom is -0.479 e. The molecule has 1 heterocycles. The molecule has 0 aromatic heterocycles. The fourth-order valence-electron chi connectivity index (χ4n) is 2.50. The summed E-state index contributed by atoms with van der Waals surface area (Å²) in [6.45, 7) is 0.913. The van der Waals surface area contributed by atoms with E-state index in [1.165, 1.54) is 4.90 Å². The van der Waals surface area contributed by atoms with Gasteiger partial charge in [-0.2, -0.15) is 0 Å². The van der Waals surface area contributed by atoms with Crippen LogP contribution in [0.25, 0.3) is 0 Å². The number of hydrogen-bond donors (Lipinski definition) is 1. The normalized spacial score (nSPS) is 25.1. The van der Waals surface area contributed by atoms with E-state index >= 15 is 0 Å². The van der Waals surface area contributed by atoms with Crippen LogP contribution in [0.15, 0.2) is 0 Å². The largest absolute Gasteiger partial charge is 0.479 e. The van der Waals surface area contributed by atoms with Crippen LogP contribution in [0.1, 0.15) is 32.1 Å². The molecule has 2 rings (SSSR count). The molecule has 5 nitrogen and oxygen atoms in total. The fourth-order valence-corrected chi connectivity index (χ4v) is 2.50. The van der Waals surface area contributed by atoms with Crippen LogP contribution in [-0.2, 0) is 9.53 Å². The monoisotopic (exact) mass is 213 g/mol. The van der Waals surface area contributed by atoms with Crippen molar-refractivity contribution in [1.82, 2.24) is 4.90 Å². The third kappa shape index (κ3) is 1.56. The first-order valence-corrected chi connectivity index (χ1v) is 5.35. The molecule has 0 unspecified atom stereocenters. The van der Waals surface area contributed by atoms with Crippen molar-refractivity contribution in [3.63, 3.8) is 0 Å². The minimum atomic E-state index is -0.989. The van der Waals surface area contributed by atoms with E-state index in [1.54, 1.807) is 0 Å². The highest BCUT2D eigenvalue weighted by molar-refractivity contribution is 5.85. The van der Waals surface area contributed by atoms with Crippen molar-refractivity contribution in [2.24, 2.45) is 0 Å². The second-order valence-electron chi connectivity index (χ2n) is 4.16. The lowest BCUT2D eigenvalue weighted by molar-refractivity contribution is -0.151. The van der Waals surface area contributed by atoms with E-state index < -0.39 is 17.6 Å². The summed E-state index contributed by atoms with van der Waals surface area (Å²) in [6, 6.07) is 0. The zero-order valence-corrected chi connectivity index (χ0v) is 8.57. The molecule has 0 atom stereocenters. The summed E-state index contributed by atoms with van der Waals surface area (Å²) in [7, 11) is 0. The zero-order valence-electron chi connectivity index (χ0n) is 8.57. The fraction of sp³-hybridized carbons (Fsp3) is 0.800. The topological polar surface area (TPSA) is 66.8 Å². The lowest BCUT2D eigenvalue weighted by atomic mass is 9.95. The average molecular weight is 213 g/mol. The number of cyclic esters (lactones) is 1. The van der Waals surface area contributed by atoms with Gasteiger partial charge in [0.05, 0.1) is 6.61 Å². The Morgan fingerprint density at radius 2 is 2.00 bits per heavy atom. The Morgan fingerprint density at radius 3 is 2.53 bits per heavy atom. The number of ether oxygens (including phenoxy) is 1. The average Bonchev–Trinajstić information content (AvgIpc) is 2.68. The van der Waals surface area contributed by atoms with E-state index in [0.717, 1.165) is 19.3 Å². The number of carboxylic acid groups (broad SMARTS) is 1. The van der Waals surface area contributed by atoms with Gasteiger partial charge >= 0.3 is 12.1 Å². The van der Waals surface area contributed by atoms with Crippen LogP contribution in [0, 0.1) is 0 Å². The van der Waals surface area contributed by atoms with E-state index in [9.17, 15) is 14.7 Å². The molecule has 0 spiro atoms. The van der Waals surface area contributed by atoms with Gasteiger partial charge in [0.2, 0.25) is 0 Å². The van der Waals surface area contributed by atoms with Gasteiger partial charge in [0.1, 0.15) is 5.54 Å². The van der Waals surface area contributed by atoms with Crippen molar-refractivity contribution in [3.8, 4) is 0 Å². The standard InChI is InChI=1S/C10H15NO4/c12-8(13)10(4-1-2-5-10)11-6-3-7-15-9(11)14/h1-7H2,(H,12,13). The Morgan fingerprint density at radius 1 is 1.33 bits per heavy atom. The number of carbonyl (C=O) groups is 2. The van der Waals surface area contributed by atoms with Gasteiger partial charge in [-0.1, -0.05) is 12.8 Å². The Bertz CT molecular complexity index is 283. The van der Waals surface area contributed by atoms with Crippen LogP contribution in [0.3, 0.4) is 0 Å².